The first-order valence-electron chi connectivity index (χ1n) is 14.1. The van der Waals surface area contributed by atoms with E-state index in [9.17, 15) is 36.3 Å². The van der Waals surface area contributed by atoms with E-state index in [-0.39, 0.29) is 65.5 Å². The number of fused-ring (bicyclic) bond motifs is 1. The minimum Gasteiger partial charge on any atom is -0.426 e. The Morgan fingerprint density at radius 3 is 2.72 bits per heavy atom. The monoisotopic (exact) mass is 649 g/mol. The van der Waals surface area contributed by atoms with Crippen LogP contribution in [-0.2, 0) is 28.7 Å². The Kier molecular flexibility index (Phi) is 9.45. The van der Waals surface area contributed by atoms with Gasteiger partial charge in [-0.25, -0.2) is 18.7 Å². The molecule has 244 valence electrons. The molecule has 1 atom stereocenters. The van der Waals surface area contributed by atoms with Crippen molar-refractivity contribution in [3.63, 3.8) is 0 Å². The SMILES string of the molecule is CCc1c(C(=O)NCC(=O)N[C@H]2CCNC2)ccc(Nc2nccn3c(-c4cn(CC(F)F)nc4C(F)(F)F)cnc23)c1OC=O. The number of halogens is 5. The van der Waals surface area contributed by atoms with E-state index in [0.29, 0.717) is 16.8 Å². The molecule has 2 amide bonds. The van der Waals surface area contributed by atoms with Crippen LogP contribution in [0.4, 0.5) is 33.5 Å². The van der Waals surface area contributed by atoms with Gasteiger partial charge in [0.05, 0.1) is 29.7 Å². The third kappa shape index (κ3) is 6.90. The Labute approximate surface area is 257 Å². The molecule has 4 N–H and O–H groups in total. The quantitative estimate of drug-likeness (QED) is 0.134. The molecule has 1 saturated heterocycles. The highest BCUT2D eigenvalue weighted by atomic mass is 19.4. The first kappa shape index (κ1) is 32.3. The van der Waals surface area contributed by atoms with Crippen molar-refractivity contribution in [2.75, 3.05) is 25.0 Å². The molecule has 0 radical (unpaired) electrons. The lowest BCUT2D eigenvalue weighted by atomic mass is 10.0. The maximum absolute atomic E-state index is 13.8. The van der Waals surface area contributed by atoms with Crippen molar-refractivity contribution in [3.8, 4) is 17.0 Å². The number of anilines is 2. The number of alkyl halides is 5. The molecule has 18 heteroatoms. The van der Waals surface area contributed by atoms with Gasteiger partial charge in [-0.15, -0.1) is 0 Å². The molecular formula is C28H28F5N9O4. The third-order valence-corrected chi connectivity index (χ3v) is 7.17. The molecule has 1 fully saturated rings. The van der Waals surface area contributed by atoms with Crippen molar-refractivity contribution in [2.45, 2.75) is 45.0 Å². The lowest BCUT2D eigenvalue weighted by Gasteiger charge is -2.17. The van der Waals surface area contributed by atoms with E-state index in [1.54, 1.807) is 6.92 Å². The number of hydrogen-bond acceptors (Lipinski definition) is 9. The largest absolute Gasteiger partial charge is 0.435 e. The number of nitrogens with zero attached hydrogens (tertiary/aromatic N) is 5. The van der Waals surface area contributed by atoms with Crippen LogP contribution in [0.3, 0.4) is 0 Å². The average molecular weight is 650 g/mol. The average Bonchev–Trinajstić information content (AvgIpc) is 3.76. The molecule has 0 spiro atoms. The Morgan fingerprint density at radius 1 is 1.24 bits per heavy atom. The van der Waals surface area contributed by atoms with Crippen LogP contribution in [0.5, 0.6) is 5.75 Å². The van der Waals surface area contributed by atoms with Crippen LogP contribution < -0.4 is 26.0 Å². The number of carbonyl (C=O) groups excluding carboxylic acids is 3. The molecule has 3 aromatic heterocycles. The van der Waals surface area contributed by atoms with Crippen molar-refractivity contribution in [2.24, 2.45) is 0 Å². The van der Waals surface area contributed by atoms with Crippen molar-refractivity contribution >= 4 is 35.4 Å². The van der Waals surface area contributed by atoms with Gasteiger partial charge in [0, 0.05) is 42.3 Å². The van der Waals surface area contributed by atoms with Crippen LogP contribution in [0.25, 0.3) is 16.9 Å². The summed E-state index contributed by atoms with van der Waals surface area (Å²) >= 11 is 0. The van der Waals surface area contributed by atoms with Gasteiger partial charge >= 0.3 is 6.18 Å². The summed E-state index contributed by atoms with van der Waals surface area (Å²) in [7, 11) is 0. The summed E-state index contributed by atoms with van der Waals surface area (Å²) in [5, 5.41) is 14.8. The molecule has 46 heavy (non-hydrogen) atoms. The highest BCUT2D eigenvalue weighted by Gasteiger charge is 2.38. The van der Waals surface area contributed by atoms with Gasteiger partial charge in [0.25, 0.3) is 18.8 Å². The normalized spacial score (nSPS) is 14.9. The van der Waals surface area contributed by atoms with E-state index in [1.807, 2.05) is 0 Å². The molecule has 0 bridgehead atoms. The van der Waals surface area contributed by atoms with Gasteiger partial charge in [0.2, 0.25) is 5.91 Å². The molecule has 0 saturated carbocycles. The number of aromatic nitrogens is 5. The zero-order valence-corrected chi connectivity index (χ0v) is 24.2. The number of benzene rings is 1. The number of rotatable bonds is 12. The topological polar surface area (TPSA) is 157 Å². The first-order valence-corrected chi connectivity index (χ1v) is 14.1. The van der Waals surface area contributed by atoms with Crippen LogP contribution in [0.15, 0.2) is 36.9 Å². The minimum absolute atomic E-state index is 0.0187. The predicted molar refractivity (Wildman–Crippen MR) is 153 cm³/mol. The summed E-state index contributed by atoms with van der Waals surface area (Å²) < 4.78 is 74.3. The molecule has 13 nitrogen and oxygen atoms in total. The molecule has 1 aliphatic heterocycles. The van der Waals surface area contributed by atoms with E-state index in [2.05, 4.69) is 36.3 Å². The lowest BCUT2D eigenvalue weighted by molar-refractivity contribution is -0.141. The van der Waals surface area contributed by atoms with Crippen LogP contribution in [-0.4, -0.2) is 74.5 Å². The smallest absolute Gasteiger partial charge is 0.426 e. The molecular weight excluding hydrogens is 621 g/mol. The van der Waals surface area contributed by atoms with E-state index < -0.39 is 36.3 Å². The third-order valence-electron chi connectivity index (χ3n) is 7.17. The van der Waals surface area contributed by atoms with Gasteiger partial charge in [-0.1, -0.05) is 6.92 Å². The van der Waals surface area contributed by atoms with Crippen LogP contribution in [0, 0.1) is 0 Å². The number of ether oxygens (including phenoxy) is 1. The highest BCUT2D eigenvalue weighted by Crippen LogP contribution is 2.38. The second-order valence-corrected chi connectivity index (χ2v) is 10.2. The van der Waals surface area contributed by atoms with Gasteiger partial charge in [-0.2, -0.15) is 18.3 Å². The molecule has 5 rings (SSSR count). The number of imidazole rings is 1. The second kappa shape index (κ2) is 13.5. The zero-order valence-electron chi connectivity index (χ0n) is 24.2. The summed E-state index contributed by atoms with van der Waals surface area (Å²) in [6, 6.07) is 2.87. The number of nitrogens with one attached hydrogen (secondary N) is 4. The molecule has 0 unspecified atom stereocenters. The fraction of sp³-hybridized carbons (Fsp3) is 0.357. The first-order chi connectivity index (χ1) is 22.0. The van der Waals surface area contributed by atoms with Crippen molar-refractivity contribution < 1.29 is 41.1 Å². The minimum atomic E-state index is -4.94. The van der Waals surface area contributed by atoms with Crippen LogP contribution >= 0.6 is 0 Å². The molecule has 1 aliphatic rings. The predicted octanol–water partition coefficient (Wildman–Crippen LogP) is 2.93. The summed E-state index contributed by atoms with van der Waals surface area (Å²) in [6.45, 7) is 2.02. The number of carbonyl (C=O) groups is 3. The Morgan fingerprint density at radius 2 is 2.04 bits per heavy atom. The standard InChI is InChI=1S/C28H28F5N9O4/c1-2-16-17(27(45)37-11-22(44)38-15-5-6-34-9-15)3-4-19(23(16)46-14-43)39-25-26-36-10-20(42(26)8-7-35-25)18-12-41(13-21(29)30)40-24(18)28(31,32)33/h3-4,7-8,10,12,14-15,21,34H,2,5-6,9,11,13H2,1H3,(H,35,39)(H,37,45)(H,38,44)/t15-/m0/s1. The van der Waals surface area contributed by atoms with E-state index >= 15 is 0 Å². The molecule has 4 heterocycles. The summed E-state index contributed by atoms with van der Waals surface area (Å²) in [5.41, 5.74) is -1.22. The molecule has 1 aromatic carbocycles. The van der Waals surface area contributed by atoms with E-state index in [4.69, 9.17) is 4.74 Å². The van der Waals surface area contributed by atoms with Gasteiger partial charge in [0.1, 0.15) is 6.54 Å². The van der Waals surface area contributed by atoms with Gasteiger partial charge in [-0.3, -0.25) is 23.5 Å². The molecule has 4 aromatic rings. The van der Waals surface area contributed by atoms with Crippen LogP contribution in [0.1, 0.15) is 35.0 Å². The van der Waals surface area contributed by atoms with Gasteiger partial charge < -0.3 is 26.0 Å². The number of hydrogen-bond donors (Lipinski definition) is 4. The van der Waals surface area contributed by atoms with E-state index in [0.717, 1.165) is 25.4 Å². The van der Waals surface area contributed by atoms with Gasteiger partial charge in [0.15, 0.2) is 22.9 Å². The van der Waals surface area contributed by atoms with Gasteiger partial charge in [-0.05, 0) is 31.5 Å². The highest BCUT2D eigenvalue weighted by molar-refractivity contribution is 5.99. The lowest BCUT2D eigenvalue weighted by Crippen LogP contribution is -2.42. The molecule has 0 aliphatic carbocycles. The maximum atomic E-state index is 13.8. The van der Waals surface area contributed by atoms with Crippen molar-refractivity contribution in [3.05, 3.63) is 53.7 Å². The van der Waals surface area contributed by atoms with E-state index in [1.165, 1.54) is 28.9 Å². The summed E-state index contributed by atoms with van der Waals surface area (Å²) in [6.07, 6.45) is -2.26. The Balaban J connectivity index is 1.44. The zero-order chi connectivity index (χ0) is 33.0. The van der Waals surface area contributed by atoms with Crippen molar-refractivity contribution in [1.82, 2.24) is 40.1 Å². The summed E-state index contributed by atoms with van der Waals surface area (Å²) in [4.78, 5) is 45.2. The Hall–Kier alpha value is -5.13. The second-order valence-electron chi connectivity index (χ2n) is 10.2. The summed E-state index contributed by atoms with van der Waals surface area (Å²) in [5.74, 6) is -0.917. The Bertz CT molecular complexity index is 1750. The van der Waals surface area contributed by atoms with Crippen molar-refractivity contribution in [1.29, 1.82) is 0 Å². The maximum Gasteiger partial charge on any atom is 0.435 e. The fourth-order valence-electron chi connectivity index (χ4n) is 5.17. The fourth-order valence-corrected chi connectivity index (χ4v) is 5.17. The van der Waals surface area contributed by atoms with Crippen LogP contribution in [0.2, 0.25) is 0 Å². The number of amides is 2.